The van der Waals surface area contributed by atoms with Crippen molar-refractivity contribution in [2.45, 2.75) is 13.0 Å². The number of hydrogen-bond donors (Lipinski definition) is 2. The average molecular weight is 306 g/mol. The lowest BCUT2D eigenvalue weighted by atomic mass is 9.90. The van der Waals surface area contributed by atoms with Gasteiger partial charge in [0, 0.05) is 5.71 Å². The van der Waals surface area contributed by atoms with Gasteiger partial charge >= 0.3 is 0 Å². The van der Waals surface area contributed by atoms with Gasteiger partial charge in [0.1, 0.15) is 11.6 Å². The molecule has 0 bridgehead atoms. The van der Waals surface area contributed by atoms with Crippen LogP contribution >= 0.6 is 0 Å². The van der Waals surface area contributed by atoms with Gasteiger partial charge in [-0.2, -0.15) is 0 Å². The largest absolute Gasteiger partial charge is 0.497 e. The number of hydrazine groups is 1. The van der Waals surface area contributed by atoms with Crippen LogP contribution in [0.4, 0.5) is 11.4 Å². The molecule has 5 nitrogen and oxygen atoms in total. The Kier molecular flexibility index (Phi) is 3.35. The molecule has 0 aromatic heterocycles. The molecule has 0 spiro atoms. The summed E-state index contributed by atoms with van der Waals surface area (Å²) in [6.45, 7) is 2.06. The number of hydrogen-bond acceptors (Lipinski definition) is 5. The van der Waals surface area contributed by atoms with E-state index in [0.29, 0.717) is 0 Å². The number of fused-ring (bicyclic) bond motifs is 2. The summed E-state index contributed by atoms with van der Waals surface area (Å²) in [5.74, 6) is 1.86. The normalized spacial score (nSPS) is 22.2. The number of methoxy groups -OCH3 is 1. The molecule has 5 heteroatoms. The maximum atomic E-state index is 5.24. The summed E-state index contributed by atoms with van der Waals surface area (Å²) in [7, 11) is 1.68. The highest BCUT2D eigenvalue weighted by atomic mass is 16.5. The predicted octanol–water partition coefficient (Wildman–Crippen LogP) is 3.30. The fourth-order valence-corrected chi connectivity index (χ4v) is 3.14. The van der Waals surface area contributed by atoms with Gasteiger partial charge in [-0.1, -0.05) is 24.3 Å². The molecule has 0 radical (unpaired) electrons. The van der Waals surface area contributed by atoms with Gasteiger partial charge < -0.3 is 10.2 Å². The summed E-state index contributed by atoms with van der Waals surface area (Å²) < 4.78 is 5.24. The first-order valence-corrected chi connectivity index (χ1v) is 7.64. The number of aliphatic imine (C=N–C) groups is 2. The van der Waals surface area contributed by atoms with Crippen LogP contribution in [0.15, 0.2) is 58.5 Å². The van der Waals surface area contributed by atoms with Crippen molar-refractivity contribution in [3.05, 3.63) is 54.1 Å². The van der Waals surface area contributed by atoms with Crippen molar-refractivity contribution in [1.82, 2.24) is 10.9 Å². The molecule has 1 fully saturated rings. The van der Waals surface area contributed by atoms with Gasteiger partial charge in [0.05, 0.1) is 30.4 Å². The van der Waals surface area contributed by atoms with E-state index in [1.54, 1.807) is 7.11 Å². The number of nitrogens with one attached hydrogen (secondary N) is 2. The lowest BCUT2D eigenvalue weighted by Crippen LogP contribution is -2.27. The van der Waals surface area contributed by atoms with Gasteiger partial charge in [0.25, 0.3) is 0 Å². The minimum Gasteiger partial charge on any atom is -0.497 e. The second-order valence-electron chi connectivity index (χ2n) is 5.74. The molecular weight excluding hydrogens is 288 g/mol. The third-order valence-electron chi connectivity index (χ3n) is 4.33. The molecule has 0 amide bonds. The zero-order chi connectivity index (χ0) is 15.8. The summed E-state index contributed by atoms with van der Waals surface area (Å²) in [6.07, 6.45) is 0. The van der Waals surface area contributed by atoms with E-state index in [1.165, 1.54) is 5.56 Å². The fraction of sp³-hybridized carbons (Fsp3) is 0.222. The Morgan fingerprint density at radius 3 is 2.35 bits per heavy atom. The molecule has 2 atom stereocenters. The molecule has 23 heavy (non-hydrogen) atoms. The van der Waals surface area contributed by atoms with Gasteiger partial charge in [-0.05, 0) is 36.8 Å². The average Bonchev–Trinajstić information content (AvgIpc) is 2.94. The van der Waals surface area contributed by atoms with Gasteiger partial charge in [0.2, 0.25) is 0 Å². The molecule has 2 aromatic rings. The summed E-state index contributed by atoms with van der Waals surface area (Å²) >= 11 is 0. The van der Waals surface area contributed by atoms with E-state index in [2.05, 4.69) is 29.9 Å². The van der Waals surface area contributed by atoms with Crippen LogP contribution in [0.5, 0.6) is 5.75 Å². The minimum absolute atomic E-state index is 0.0933. The maximum Gasteiger partial charge on any atom is 0.127 e. The molecule has 2 N–H and O–H groups in total. The fourth-order valence-electron chi connectivity index (χ4n) is 3.14. The van der Waals surface area contributed by atoms with Crippen molar-refractivity contribution in [2.24, 2.45) is 15.9 Å². The highest BCUT2D eigenvalue weighted by molar-refractivity contribution is 6.10. The molecular formula is C18H18N4O. The number of nitrogens with zero attached hydrogens (tertiary/aromatic N) is 2. The minimum atomic E-state index is 0.0933. The Morgan fingerprint density at radius 1 is 0.957 bits per heavy atom. The van der Waals surface area contributed by atoms with Crippen molar-refractivity contribution in [1.29, 1.82) is 0 Å². The van der Waals surface area contributed by atoms with E-state index < -0.39 is 0 Å². The first kappa shape index (κ1) is 14.0. The number of benzene rings is 2. The van der Waals surface area contributed by atoms with Crippen molar-refractivity contribution in [3.8, 4) is 5.75 Å². The Labute approximate surface area is 135 Å². The van der Waals surface area contributed by atoms with Crippen molar-refractivity contribution >= 4 is 22.9 Å². The van der Waals surface area contributed by atoms with Gasteiger partial charge in [-0.25, -0.2) is 10.4 Å². The van der Waals surface area contributed by atoms with E-state index in [9.17, 15) is 0 Å². The van der Waals surface area contributed by atoms with Crippen LogP contribution in [0.25, 0.3) is 0 Å². The molecule has 4 rings (SSSR count). The third-order valence-corrected chi connectivity index (χ3v) is 4.33. The van der Waals surface area contributed by atoms with E-state index in [0.717, 1.165) is 28.7 Å². The van der Waals surface area contributed by atoms with E-state index in [4.69, 9.17) is 14.7 Å². The van der Waals surface area contributed by atoms with Crippen LogP contribution in [0, 0.1) is 5.92 Å². The zero-order valence-electron chi connectivity index (χ0n) is 13.1. The molecule has 1 saturated heterocycles. The number of amidine groups is 1. The molecule has 2 aromatic carbocycles. The van der Waals surface area contributed by atoms with Crippen LogP contribution in [0.3, 0.4) is 0 Å². The second kappa shape index (κ2) is 5.52. The number of para-hydroxylation sites is 2. The molecule has 2 unspecified atom stereocenters. The molecule has 0 aliphatic carbocycles. The van der Waals surface area contributed by atoms with Gasteiger partial charge in [0.15, 0.2) is 0 Å². The lowest BCUT2D eigenvalue weighted by molar-refractivity contribution is 0.414. The molecule has 2 aliphatic heterocycles. The van der Waals surface area contributed by atoms with Gasteiger partial charge in [-0.3, -0.25) is 4.99 Å². The first-order chi connectivity index (χ1) is 11.3. The monoisotopic (exact) mass is 306 g/mol. The van der Waals surface area contributed by atoms with E-state index >= 15 is 0 Å². The van der Waals surface area contributed by atoms with Crippen molar-refractivity contribution < 1.29 is 4.74 Å². The standard InChI is InChI=1S/C18H18N4O/c1-11-16-17(12-7-9-13(23-2)10-8-12)21-22-18(16)20-15-6-4-3-5-14(15)19-11/h3-10,16-17,21H,1-2H3,(H,20,22). The SMILES string of the molecule is COc1ccc(C2NNC3=Nc4ccccc4N=C(C)C32)cc1. The van der Waals surface area contributed by atoms with Crippen LogP contribution in [-0.2, 0) is 0 Å². The van der Waals surface area contributed by atoms with Crippen LogP contribution in [-0.4, -0.2) is 18.7 Å². The first-order valence-electron chi connectivity index (χ1n) is 7.64. The Morgan fingerprint density at radius 2 is 1.65 bits per heavy atom. The number of ether oxygens (including phenoxy) is 1. The van der Waals surface area contributed by atoms with Crippen molar-refractivity contribution in [3.63, 3.8) is 0 Å². The van der Waals surface area contributed by atoms with Crippen LogP contribution in [0.2, 0.25) is 0 Å². The Balaban J connectivity index is 1.74. The quantitative estimate of drug-likeness (QED) is 0.895. The summed E-state index contributed by atoms with van der Waals surface area (Å²) in [5.41, 5.74) is 10.6. The van der Waals surface area contributed by atoms with Crippen LogP contribution in [0.1, 0.15) is 18.5 Å². The number of rotatable bonds is 2. The third kappa shape index (κ3) is 2.39. The summed E-state index contributed by atoms with van der Waals surface area (Å²) in [6, 6.07) is 16.2. The molecule has 2 aliphatic rings. The highest BCUT2D eigenvalue weighted by Gasteiger charge is 2.37. The predicted molar refractivity (Wildman–Crippen MR) is 91.8 cm³/mol. The summed E-state index contributed by atoms with van der Waals surface area (Å²) in [4.78, 5) is 9.55. The molecule has 2 heterocycles. The van der Waals surface area contributed by atoms with Crippen molar-refractivity contribution in [2.75, 3.05) is 7.11 Å². The smallest absolute Gasteiger partial charge is 0.127 e. The Bertz CT molecular complexity index is 795. The lowest BCUT2D eigenvalue weighted by Gasteiger charge is -2.17. The van der Waals surface area contributed by atoms with E-state index in [-0.39, 0.29) is 12.0 Å². The molecule has 116 valence electrons. The van der Waals surface area contributed by atoms with Crippen LogP contribution < -0.4 is 15.6 Å². The van der Waals surface area contributed by atoms with E-state index in [1.807, 2.05) is 36.4 Å². The maximum absolute atomic E-state index is 5.24. The van der Waals surface area contributed by atoms with Gasteiger partial charge in [-0.15, -0.1) is 0 Å². The topological polar surface area (TPSA) is 58.0 Å². The summed E-state index contributed by atoms with van der Waals surface area (Å²) in [5, 5.41) is 0. The second-order valence-corrected chi connectivity index (χ2v) is 5.74. The zero-order valence-corrected chi connectivity index (χ0v) is 13.1. The highest BCUT2D eigenvalue weighted by Crippen LogP contribution is 2.36. The molecule has 0 saturated carbocycles. The Hall–Kier alpha value is -2.66.